The number of H-pyrrole nitrogens is 1. The largest absolute Gasteiger partial charge is 0.322 e. The van der Waals surface area contributed by atoms with Gasteiger partial charge in [0, 0.05) is 28.8 Å². The number of carbonyl (C=O) groups excluding carboxylic acids is 1. The maximum absolute atomic E-state index is 12.9. The Kier molecular flexibility index (Phi) is 5.77. The number of aromatic nitrogens is 6. The van der Waals surface area contributed by atoms with Gasteiger partial charge in [0.1, 0.15) is 17.2 Å². The van der Waals surface area contributed by atoms with Crippen molar-refractivity contribution in [1.29, 1.82) is 0 Å². The smallest absolute Gasteiger partial charge is 0.255 e. The molecule has 33 heavy (non-hydrogen) atoms. The zero-order valence-electron chi connectivity index (χ0n) is 17.7. The molecule has 9 heteroatoms. The van der Waals surface area contributed by atoms with Crippen LogP contribution in [0.3, 0.4) is 0 Å². The summed E-state index contributed by atoms with van der Waals surface area (Å²) in [6.07, 6.45) is 4.97. The molecule has 0 fully saturated rings. The third kappa shape index (κ3) is 4.73. The fourth-order valence-corrected chi connectivity index (χ4v) is 4.30. The molecule has 2 N–H and O–H groups in total. The van der Waals surface area contributed by atoms with Gasteiger partial charge in [-0.25, -0.2) is 19.9 Å². The van der Waals surface area contributed by atoms with Crippen molar-refractivity contribution in [3.8, 4) is 11.3 Å². The minimum atomic E-state index is -0.169. The quantitative estimate of drug-likeness (QED) is 0.284. The van der Waals surface area contributed by atoms with Crippen LogP contribution in [0.1, 0.15) is 21.7 Å². The number of nitrogens with zero attached hydrogens (tertiary/aromatic N) is 5. The number of thioether (sulfide) groups is 1. The minimum absolute atomic E-state index is 0.169. The third-order valence-corrected chi connectivity index (χ3v) is 6.04. The molecule has 8 nitrogen and oxygen atoms in total. The van der Waals surface area contributed by atoms with E-state index in [1.54, 1.807) is 30.2 Å². The highest BCUT2D eigenvalue weighted by Gasteiger charge is 2.10. The minimum Gasteiger partial charge on any atom is -0.322 e. The Morgan fingerprint density at radius 1 is 1.06 bits per heavy atom. The van der Waals surface area contributed by atoms with Gasteiger partial charge < -0.3 is 5.32 Å². The van der Waals surface area contributed by atoms with Gasteiger partial charge in [-0.3, -0.25) is 9.89 Å². The molecule has 0 aliphatic carbocycles. The number of aromatic amines is 1. The van der Waals surface area contributed by atoms with Crippen LogP contribution in [0.15, 0.2) is 78.3 Å². The topological polar surface area (TPSA) is 109 Å². The first kappa shape index (κ1) is 20.8. The van der Waals surface area contributed by atoms with Gasteiger partial charge in [-0.15, -0.1) is 11.8 Å². The van der Waals surface area contributed by atoms with Crippen LogP contribution in [0.2, 0.25) is 0 Å². The van der Waals surface area contributed by atoms with E-state index < -0.39 is 0 Å². The van der Waals surface area contributed by atoms with E-state index in [1.165, 1.54) is 6.33 Å². The summed E-state index contributed by atoms with van der Waals surface area (Å²) in [7, 11) is 0. The molecule has 1 amide bonds. The average molecular weight is 454 g/mol. The molecule has 162 valence electrons. The summed E-state index contributed by atoms with van der Waals surface area (Å²) in [6.45, 7) is 1.85. The second kappa shape index (κ2) is 9.17. The molecule has 0 unspecified atom stereocenters. The van der Waals surface area contributed by atoms with E-state index in [9.17, 15) is 4.79 Å². The van der Waals surface area contributed by atoms with E-state index in [0.29, 0.717) is 28.5 Å². The molecule has 5 rings (SSSR count). The lowest BCUT2D eigenvalue weighted by Crippen LogP contribution is -2.12. The molecule has 0 aliphatic heterocycles. The number of carbonyl (C=O) groups is 1. The van der Waals surface area contributed by atoms with Crippen LogP contribution in [0.25, 0.3) is 22.3 Å². The number of hydrogen-bond donors (Lipinski definition) is 2. The van der Waals surface area contributed by atoms with Crippen molar-refractivity contribution in [2.45, 2.75) is 17.7 Å². The number of nitrogens with one attached hydrogen (secondary N) is 2. The molecule has 3 aromatic heterocycles. The monoisotopic (exact) mass is 453 g/mol. The average Bonchev–Trinajstić information content (AvgIpc) is 3.33. The third-order valence-electron chi connectivity index (χ3n) is 4.97. The Morgan fingerprint density at radius 3 is 2.88 bits per heavy atom. The summed E-state index contributed by atoms with van der Waals surface area (Å²) < 4.78 is 0. The highest BCUT2D eigenvalue weighted by atomic mass is 32.2. The van der Waals surface area contributed by atoms with Crippen molar-refractivity contribution in [3.63, 3.8) is 0 Å². The summed E-state index contributed by atoms with van der Waals surface area (Å²) in [4.78, 5) is 30.0. The van der Waals surface area contributed by atoms with Crippen molar-refractivity contribution >= 4 is 34.4 Å². The molecule has 0 atom stereocenters. The molecule has 0 saturated carbocycles. The fourth-order valence-electron chi connectivity index (χ4n) is 3.39. The summed E-state index contributed by atoms with van der Waals surface area (Å²) in [6, 6.07) is 17.1. The van der Waals surface area contributed by atoms with E-state index in [2.05, 4.69) is 35.5 Å². The van der Waals surface area contributed by atoms with E-state index >= 15 is 0 Å². The van der Waals surface area contributed by atoms with Gasteiger partial charge in [-0.05, 0) is 42.8 Å². The van der Waals surface area contributed by atoms with Gasteiger partial charge in [0.2, 0.25) is 0 Å². The van der Waals surface area contributed by atoms with Gasteiger partial charge in [0.15, 0.2) is 5.65 Å². The van der Waals surface area contributed by atoms with Gasteiger partial charge >= 0.3 is 0 Å². The lowest BCUT2D eigenvalue weighted by atomic mass is 10.1. The predicted octanol–water partition coefficient (Wildman–Crippen LogP) is 4.66. The van der Waals surface area contributed by atoms with E-state index in [0.717, 1.165) is 27.2 Å². The Balaban J connectivity index is 1.29. The van der Waals surface area contributed by atoms with E-state index in [-0.39, 0.29) is 5.91 Å². The zero-order valence-corrected chi connectivity index (χ0v) is 18.5. The molecule has 0 radical (unpaired) electrons. The molecule has 5 aromatic rings. The van der Waals surface area contributed by atoms with E-state index in [1.807, 2.05) is 55.5 Å². The molecule has 0 spiro atoms. The molecule has 0 bridgehead atoms. The Labute approximate surface area is 193 Å². The van der Waals surface area contributed by atoms with Crippen molar-refractivity contribution in [2.75, 3.05) is 5.32 Å². The maximum Gasteiger partial charge on any atom is 0.255 e. The Morgan fingerprint density at radius 2 is 1.97 bits per heavy atom. The second-order valence-corrected chi connectivity index (χ2v) is 8.29. The van der Waals surface area contributed by atoms with Crippen LogP contribution in [0.4, 0.5) is 5.69 Å². The van der Waals surface area contributed by atoms with Crippen LogP contribution < -0.4 is 5.32 Å². The first-order valence-corrected chi connectivity index (χ1v) is 11.2. The zero-order chi connectivity index (χ0) is 22.6. The first-order chi connectivity index (χ1) is 16.2. The molecule has 0 saturated heterocycles. The SMILES string of the molecule is Cc1nccc(-c2cccc(NC(=O)c3cccc(CSc4ncnc5[nH]ncc45)c3)c2)n1. The summed E-state index contributed by atoms with van der Waals surface area (Å²) >= 11 is 1.58. The van der Waals surface area contributed by atoms with Crippen LogP contribution in [-0.2, 0) is 5.75 Å². The standard InChI is InChI=1S/C24H19N7OS/c1-15-25-9-8-21(29-15)17-5-3-7-19(11-17)30-23(32)18-6-2-4-16(10-18)13-33-24-20-12-28-31-22(20)26-14-27-24/h2-12,14H,13H2,1H3,(H,30,32)(H,26,27,28,31). The number of fused-ring (bicyclic) bond motifs is 1. The summed E-state index contributed by atoms with van der Waals surface area (Å²) in [5.74, 6) is 1.20. The van der Waals surface area contributed by atoms with E-state index in [4.69, 9.17) is 0 Å². The predicted molar refractivity (Wildman–Crippen MR) is 128 cm³/mol. The lowest BCUT2D eigenvalue weighted by molar-refractivity contribution is 0.102. The Hall–Kier alpha value is -4.11. The highest BCUT2D eigenvalue weighted by Crippen LogP contribution is 2.27. The van der Waals surface area contributed by atoms with Crippen LogP contribution in [0.5, 0.6) is 0 Å². The number of hydrogen-bond acceptors (Lipinski definition) is 7. The van der Waals surface area contributed by atoms with Gasteiger partial charge in [0.25, 0.3) is 5.91 Å². The normalized spacial score (nSPS) is 10.9. The summed E-state index contributed by atoms with van der Waals surface area (Å²) in [5.41, 5.74) is 4.76. The van der Waals surface area contributed by atoms with Gasteiger partial charge in [-0.2, -0.15) is 5.10 Å². The molecular weight excluding hydrogens is 434 g/mol. The number of amides is 1. The molecular formula is C24H19N7OS. The van der Waals surface area contributed by atoms with Crippen molar-refractivity contribution in [2.24, 2.45) is 0 Å². The highest BCUT2D eigenvalue weighted by molar-refractivity contribution is 7.98. The summed E-state index contributed by atoms with van der Waals surface area (Å²) in [5, 5.41) is 11.6. The number of benzene rings is 2. The molecule has 0 aliphatic rings. The first-order valence-electron chi connectivity index (χ1n) is 10.2. The maximum atomic E-state index is 12.9. The van der Waals surface area contributed by atoms with Gasteiger partial charge in [-0.1, -0.05) is 24.3 Å². The lowest BCUT2D eigenvalue weighted by Gasteiger charge is -2.09. The van der Waals surface area contributed by atoms with Crippen LogP contribution in [0, 0.1) is 6.92 Å². The van der Waals surface area contributed by atoms with Crippen LogP contribution in [-0.4, -0.2) is 36.0 Å². The van der Waals surface area contributed by atoms with Crippen molar-refractivity contribution < 1.29 is 4.79 Å². The molecule has 2 aromatic carbocycles. The Bertz CT molecular complexity index is 1450. The van der Waals surface area contributed by atoms with Gasteiger partial charge in [0.05, 0.1) is 17.3 Å². The number of anilines is 1. The van der Waals surface area contributed by atoms with Crippen LogP contribution >= 0.6 is 11.8 Å². The number of rotatable bonds is 6. The second-order valence-electron chi connectivity index (χ2n) is 7.32. The number of aryl methyl sites for hydroxylation is 1. The molecule has 3 heterocycles. The fraction of sp³-hybridized carbons (Fsp3) is 0.0833. The van der Waals surface area contributed by atoms with Crippen molar-refractivity contribution in [1.82, 2.24) is 30.1 Å². The van der Waals surface area contributed by atoms with Crippen molar-refractivity contribution in [3.05, 3.63) is 90.3 Å².